The minimum absolute atomic E-state index is 0.134. The lowest BCUT2D eigenvalue weighted by atomic mass is 10.2. The van der Waals surface area contributed by atoms with Gasteiger partial charge in [0, 0.05) is 33.4 Å². The molecule has 1 aromatic heterocycles. The molecule has 0 saturated heterocycles. The molecule has 0 bridgehead atoms. The Morgan fingerprint density at radius 2 is 1.85 bits per heavy atom. The number of rotatable bonds is 8. The number of halogens is 3. The van der Waals surface area contributed by atoms with Gasteiger partial charge < -0.3 is 15.4 Å². The molecule has 5 nitrogen and oxygen atoms in total. The number of methoxy groups -OCH3 is 1. The largest absolute Gasteiger partial charge is 0.451 e. The summed E-state index contributed by atoms with van der Waals surface area (Å²) in [5.41, 5.74) is 0. The molecule has 2 N–H and O–H groups in total. The van der Waals surface area contributed by atoms with E-state index in [0.29, 0.717) is 13.2 Å². The Bertz CT molecular complexity index is 412. The lowest BCUT2D eigenvalue weighted by Gasteiger charge is -2.11. The van der Waals surface area contributed by atoms with Gasteiger partial charge in [0.1, 0.15) is 11.6 Å². The summed E-state index contributed by atoms with van der Waals surface area (Å²) in [6.45, 7) is 1.25. The quantitative estimate of drug-likeness (QED) is 0.722. The molecule has 0 fully saturated rings. The number of unbranched alkanes of at least 4 members (excludes halogenated alkanes) is 2. The topological polar surface area (TPSA) is 59.1 Å². The van der Waals surface area contributed by atoms with Crippen LogP contribution in [-0.2, 0) is 10.9 Å². The predicted molar refractivity (Wildman–Crippen MR) is 70.8 cm³/mol. The Balaban J connectivity index is 2.56. The van der Waals surface area contributed by atoms with Crippen LogP contribution >= 0.6 is 0 Å². The number of nitrogens with one attached hydrogen (secondary N) is 2. The maximum atomic E-state index is 12.6. The van der Waals surface area contributed by atoms with Crippen LogP contribution in [0.4, 0.5) is 24.8 Å². The van der Waals surface area contributed by atoms with Crippen molar-refractivity contribution in [1.29, 1.82) is 0 Å². The van der Waals surface area contributed by atoms with Crippen LogP contribution < -0.4 is 10.6 Å². The van der Waals surface area contributed by atoms with Crippen molar-refractivity contribution in [3.63, 3.8) is 0 Å². The lowest BCUT2D eigenvalue weighted by molar-refractivity contribution is -0.144. The molecule has 1 rings (SSSR count). The monoisotopic (exact) mass is 292 g/mol. The van der Waals surface area contributed by atoms with Gasteiger partial charge in [0.2, 0.25) is 5.82 Å². The first kappa shape index (κ1) is 16.5. The van der Waals surface area contributed by atoms with E-state index in [1.54, 1.807) is 7.11 Å². The Kier molecular flexibility index (Phi) is 6.50. The highest BCUT2D eigenvalue weighted by Gasteiger charge is 2.35. The van der Waals surface area contributed by atoms with E-state index in [0.717, 1.165) is 19.3 Å². The summed E-state index contributed by atoms with van der Waals surface area (Å²) in [5, 5.41) is 5.47. The highest BCUT2D eigenvalue weighted by molar-refractivity contribution is 5.47. The Hall–Kier alpha value is -1.57. The molecule has 1 heterocycles. The van der Waals surface area contributed by atoms with Crippen molar-refractivity contribution in [2.75, 3.05) is 37.9 Å². The van der Waals surface area contributed by atoms with Gasteiger partial charge in [-0.25, -0.2) is 9.97 Å². The first-order chi connectivity index (χ1) is 9.47. The molecule has 0 saturated carbocycles. The van der Waals surface area contributed by atoms with E-state index in [9.17, 15) is 13.2 Å². The molecular formula is C12H19F3N4O. The maximum Gasteiger partial charge on any atom is 0.451 e. The molecule has 0 aliphatic heterocycles. The fraction of sp³-hybridized carbons (Fsp3) is 0.667. The molecule has 8 heteroatoms. The summed E-state index contributed by atoms with van der Waals surface area (Å²) in [6, 6.07) is 1.45. The van der Waals surface area contributed by atoms with E-state index in [2.05, 4.69) is 20.6 Å². The van der Waals surface area contributed by atoms with Crippen LogP contribution in [0.25, 0.3) is 0 Å². The maximum absolute atomic E-state index is 12.6. The van der Waals surface area contributed by atoms with Crippen molar-refractivity contribution in [3.05, 3.63) is 11.9 Å². The molecule has 0 atom stereocenters. The minimum Gasteiger partial charge on any atom is -0.385 e. The summed E-state index contributed by atoms with van der Waals surface area (Å²) in [7, 11) is 3.15. The molecule has 0 amide bonds. The fourth-order valence-electron chi connectivity index (χ4n) is 1.56. The molecule has 20 heavy (non-hydrogen) atoms. The van der Waals surface area contributed by atoms with Gasteiger partial charge in [0.05, 0.1) is 0 Å². The predicted octanol–water partition coefficient (Wildman–Crippen LogP) is 2.77. The highest BCUT2D eigenvalue weighted by atomic mass is 19.4. The van der Waals surface area contributed by atoms with Gasteiger partial charge in [0.15, 0.2) is 0 Å². The van der Waals surface area contributed by atoms with Gasteiger partial charge in [-0.2, -0.15) is 13.2 Å². The smallest absolute Gasteiger partial charge is 0.385 e. The first-order valence-electron chi connectivity index (χ1n) is 6.34. The zero-order valence-corrected chi connectivity index (χ0v) is 11.5. The Morgan fingerprint density at radius 3 is 2.45 bits per heavy atom. The van der Waals surface area contributed by atoms with Crippen LogP contribution in [0, 0.1) is 0 Å². The lowest BCUT2D eigenvalue weighted by Crippen LogP contribution is -2.15. The average molecular weight is 292 g/mol. The van der Waals surface area contributed by atoms with Gasteiger partial charge in [-0.05, 0) is 19.3 Å². The summed E-state index contributed by atoms with van der Waals surface area (Å²) >= 11 is 0. The van der Waals surface area contributed by atoms with Crippen molar-refractivity contribution in [2.45, 2.75) is 25.4 Å². The average Bonchev–Trinajstić information content (AvgIpc) is 2.41. The van der Waals surface area contributed by atoms with Crippen molar-refractivity contribution in [3.8, 4) is 0 Å². The summed E-state index contributed by atoms with van der Waals surface area (Å²) in [5.74, 6) is -0.844. The Labute approximate surface area is 116 Å². The van der Waals surface area contributed by atoms with Crippen LogP contribution in [0.1, 0.15) is 25.1 Å². The van der Waals surface area contributed by atoms with E-state index in [1.807, 2.05) is 0 Å². The molecular weight excluding hydrogens is 273 g/mol. The highest BCUT2D eigenvalue weighted by Crippen LogP contribution is 2.28. The molecule has 114 valence electrons. The second-order valence-electron chi connectivity index (χ2n) is 4.19. The fourth-order valence-corrected chi connectivity index (χ4v) is 1.56. The summed E-state index contributed by atoms with van der Waals surface area (Å²) < 4.78 is 42.8. The third-order valence-corrected chi connectivity index (χ3v) is 2.57. The SMILES string of the molecule is CNc1cc(NCCCCCOC)nc(C(F)(F)F)n1. The molecule has 1 aromatic rings. The molecule has 0 aliphatic carbocycles. The van der Waals surface area contributed by atoms with Crippen LogP contribution in [-0.4, -0.2) is 37.3 Å². The van der Waals surface area contributed by atoms with E-state index in [4.69, 9.17) is 4.74 Å². The number of ether oxygens (including phenoxy) is 1. The number of anilines is 2. The van der Waals surface area contributed by atoms with Gasteiger partial charge in [-0.3, -0.25) is 0 Å². The van der Waals surface area contributed by atoms with Gasteiger partial charge in [-0.1, -0.05) is 0 Å². The second-order valence-corrected chi connectivity index (χ2v) is 4.19. The van der Waals surface area contributed by atoms with E-state index >= 15 is 0 Å². The molecule has 0 unspecified atom stereocenters. The summed E-state index contributed by atoms with van der Waals surface area (Å²) in [6.07, 6.45) is -1.85. The number of aromatic nitrogens is 2. The second kappa shape index (κ2) is 7.88. The Morgan fingerprint density at radius 1 is 1.15 bits per heavy atom. The number of hydrogen-bond acceptors (Lipinski definition) is 5. The van der Waals surface area contributed by atoms with E-state index in [-0.39, 0.29) is 11.6 Å². The zero-order valence-electron chi connectivity index (χ0n) is 11.5. The van der Waals surface area contributed by atoms with Gasteiger partial charge in [0.25, 0.3) is 0 Å². The number of nitrogens with zero attached hydrogens (tertiary/aromatic N) is 2. The third-order valence-electron chi connectivity index (χ3n) is 2.57. The van der Waals surface area contributed by atoms with Crippen LogP contribution in [0.3, 0.4) is 0 Å². The van der Waals surface area contributed by atoms with Crippen molar-refractivity contribution in [1.82, 2.24) is 9.97 Å². The normalized spacial score (nSPS) is 11.4. The van der Waals surface area contributed by atoms with Gasteiger partial charge >= 0.3 is 6.18 Å². The molecule has 0 aliphatic rings. The minimum atomic E-state index is -4.55. The molecule has 0 radical (unpaired) electrons. The molecule has 0 spiro atoms. The van der Waals surface area contributed by atoms with Crippen molar-refractivity contribution in [2.24, 2.45) is 0 Å². The zero-order chi connectivity index (χ0) is 15.0. The van der Waals surface area contributed by atoms with Crippen LogP contribution in [0.2, 0.25) is 0 Å². The van der Waals surface area contributed by atoms with Gasteiger partial charge in [-0.15, -0.1) is 0 Å². The number of hydrogen-bond donors (Lipinski definition) is 2. The van der Waals surface area contributed by atoms with E-state index < -0.39 is 12.0 Å². The van der Waals surface area contributed by atoms with Crippen LogP contribution in [0.15, 0.2) is 6.07 Å². The van der Waals surface area contributed by atoms with Crippen molar-refractivity contribution < 1.29 is 17.9 Å². The summed E-state index contributed by atoms with van der Waals surface area (Å²) in [4.78, 5) is 6.86. The van der Waals surface area contributed by atoms with Crippen molar-refractivity contribution >= 4 is 11.6 Å². The number of alkyl halides is 3. The standard InChI is InChI=1S/C12H19F3N4O/c1-16-9-8-10(17-6-4-3-5-7-20-2)19-11(18-9)12(13,14)15/h8H,3-7H2,1-2H3,(H2,16,17,18,19). The molecule has 0 aromatic carbocycles. The van der Waals surface area contributed by atoms with E-state index in [1.165, 1.54) is 13.1 Å². The third kappa shape index (κ3) is 5.60. The first-order valence-corrected chi connectivity index (χ1v) is 6.34. The van der Waals surface area contributed by atoms with Crippen LogP contribution in [0.5, 0.6) is 0 Å².